The van der Waals surface area contributed by atoms with Crippen LogP contribution in [0.5, 0.6) is 0 Å². The average Bonchev–Trinajstić information content (AvgIpc) is 1.84. The lowest BCUT2D eigenvalue weighted by atomic mass is 9.84. The van der Waals surface area contributed by atoms with Crippen molar-refractivity contribution in [3.63, 3.8) is 0 Å². The molecule has 0 radical (unpaired) electrons. The summed E-state index contributed by atoms with van der Waals surface area (Å²) in [5, 5.41) is 8.60. The average molecular weight is 144 g/mol. The van der Waals surface area contributed by atoms with Gasteiger partial charge in [-0.25, -0.2) is 0 Å². The summed E-state index contributed by atoms with van der Waals surface area (Å²) < 4.78 is 0. The smallest absolute Gasteiger partial charge is 0.0431 e. The Hall–Kier alpha value is -0.0400. The Kier molecular flexibility index (Phi) is 4.71. The number of aliphatic hydroxyl groups excluding tert-OH is 1. The quantitative estimate of drug-likeness (QED) is 0.628. The van der Waals surface area contributed by atoms with Gasteiger partial charge in [-0.2, -0.15) is 0 Å². The Morgan fingerprint density at radius 3 is 2.20 bits per heavy atom. The molecular formula is C9H20O. The maximum Gasteiger partial charge on any atom is 0.0431 e. The van der Waals surface area contributed by atoms with Crippen molar-refractivity contribution in [1.29, 1.82) is 0 Å². The number of aliphatic hydroxyl groups is 1. The zero-order chi connectivity index (χ0) is 8.04. The normalized spacial score (nSPS) is 12.0. The van der Waals surface area contributed by atoms with Gasteiger partial charge in [0.2, 0.25) is 0 Å². The number of hydrogen-bond acceptors (Lipinski definition) is 1. The van der Waals surface area contributed by atoms with Crippen molar-refractivity contribution in [3.05, 3.63) is 0 Å². The fourth-order valence-corrected chi connectivity index (χ4v) is 1.36. The number of rotatable bonds is 5. The summed E-state index contributed by atoms with van der Waals surface area (Å²) in [5.41, 5.74) is 0.442. The first kappa shape index (κ1) is 9.96. The molecule has 0 aromatic heterocycles. The molecular weight excluding hydrogens is 124 g/mol. The molecule has 0 bridgehead atoms. The first-order valence-corrected chi connectivity index (χ1v) is 4.23. The van der Waals surface area contributed by atoms with Crippen molar-refractivity contribution in [2.45, 2.75) is 46.5 Å². The Morgan fingerprint density at radius 2 is 1.80 bits per heavy atom. The van der Waals surface area contributed by atoms with E-state index in [1.165, 1.54) is 12.8 Å². The van der Waals surface area contributed by atoms with E-state index in [2.05, 4.69) is 20.8 Å². The van der Waals surface area contributed by atoms with Gasteiger partial charge in [0.25, 0.3) is 0 Å². The molecule has 0 atom stereocenters. The van der Waals surface area contributed by atoms with Gasteiger partial charge in [-0.15, -0.1) is 0 Å². The third-order valence-corrected chi connectivity index (χ3v) is 1.94. The van der Waals surface area contributed by atoms with Crippen LogP contribution in [0.4, 0.5) is 0 Å². The largest absolute Gasteiger partial charge is 0.396 e. The van der Waals surface area contributed by atoms with E-state index in [1.54, 1.807) is 0 Å². The molecule has 0 spiro atoms. The third-order valence-electron chi connectivity index (χ3n) is 1.94. The molecule has 1 heteroatoms. The summed E-state index contributed by atoms with van der Waals surface area (Å²) in [5.74, 6) is 0. The molecule has 62 valence electrons. The fourth-order valence-electron chi connectivity index (χ4n) is 1.36. The second-order valence-electron chi connectivity index (χ2n) is 3.74. The molecule has 1 N–H and O–H groups in total. The first-order chi connectivity index (χ1) is 4.62. The predicted octanol–water partition coefficient (Wildman–Crippen LogP) is 2.59. The van der Waals surface area contributed by atoms with Gasteiger partial charge in [-0.1, -0.05) is 27.2 Å². The molecule has 0 unspecified atom stereocenters. The molecule has 0 aromatic rings. The summed E-state index contributed by atoms with van der Waals surface area (Å²) in [6, 6.07) is 0. The van der Waals surface area contributed by atoms with Crippen LogP contribution < -0.4 is 0 Å². The molecule has 0 heterocycles. The highest BCUT2D eigenvalue weighted by atomic mass is 16.2. The van der Waals surface area contributed by atoms with Crippen LogP contribution in [0.1, 0.15) is 46.5 Å². The molecule has 0 aliphatic carbocycles. The van der Waals surface area contributed by atoms with E-state index in [1.807, 2.05) is 0 Å². The standard InChI is InChI=1S/C9H20O/c1-4-6-9(2,3)7-5-8-10/h10H,4-8H2,1-3H3. The van der Waals surface area contributed by atoms with Crippen LogP contribution >= 0.6 is 0 Å². The molecule has 0 aliphatic rings. The van der Waals surface area contributed by atoms with Gasteiger partial charge in [0.1, 0.15) is 0 Å². The topological polar surface area (TPSA) is 20.2 Å². The highest BCUT2D eigenvalue weighted by molar-refractivity contribution is 4.66. The molecule has 0 aromatic carbocycles. The number of hydrogen-bond donors (Lipinski definition) is 1. The lowest BCUT2D eigenvalue weighted by Gasteiger charge is -2.23. The van der Waals surface area contributed by atoms with Gasteiger partial charge >= 0.3 is 0 Å². The maximum absolute atomic E-state index is 8.60. The van der Waals surface area contributed by atoms with Crippen molar-refractivity contribution in [1.82, 2.24) is 0 Å². The van der Waals surface area contributed by atoms with Crippen LogP contribution in [0.2, 0.25) is 0 Å². The molecule has 1 nitrogen and oxygen atoms in total. The molecule has 0 amide bonds. The minimum atomic E-state index is 0.340. The van der Waals surface area contributed by atoms with Gasteiger partial charge in [0.15, 0.2) is 0 Å². The molecule has 0 saturated carbocycles. The van der Waals surface area contributed by atoms with E-state index in [9.17, 15) is 0 Å². The second kappa shape index (κ2) is 4.73. The van der Waals surface area contributed by atoms with Crippen LogP contribution in [-0.4, -0.2) is 11.7 Å². The van der Waals surface area contributed by atoms with E-state index in [4.69, 9.17) is 5.11 Å². The van der Waals surface area contributed by atoms with Gasteiger partial charge in [0.05, 0.1) is 0 Å². The van der Waals surface area contributed by atoms with Gasteiger partial charge < -0.3 is 5.11 Å². The highest BCUT2D eigenvalue weighted by Crippen LogP contribution is 2.27. The Balaban J connectivity index is 3.42. The minimum Gasteiger partial charge on any atom is -0.396 e. The van der Waals surface area contributed by atoms with Gasteiger partial charge in [-0.3, -0.25) is 0 Å². The molecule has 0 saturated heterocycles. The van der Waals surface area contributed by atoms with E-state index >= 15 is 0 Å². The summed E-state index contributed by atoms with van der Waals surface area (Å²) in [6.07, 6.45) is 4.62. The third kappa shape index (κ3) is 4.80. The van der Waals surface area contributed by atoms with E-state index < -0.39 is 0 Å². The van der Waals surface area contributed by atoms with Crippen LogP contribution in [0.3, 0.4) is 0 Å². The first-order valence-electron chi connectivity index (χ1n) is 4.23. The van der Waals surface area contributed by atoms with Crippen molar-refractivity contribution in [2.75, 3.05) is 6.61 Å². The maximum atomic E-state index is 8.60. The minimum absolute atomic E-state index is 0.340. The molecule has 0 aliphatic heterocycles. The van der Waals surface area contributed by atoms with Crippen molar-refractivity contribution < 1.29 is 5.11 Å². The summed E-state index contributed by atoms with van der Waals surface area (Å²) >= 11 is 0. The van der Waals surface area contributed by atoms with E-state index in [0.717, 1.165) is 12.8 Å². The van der Waals surface area contributed by atoms with Crippen molar-refractivity contribution in [2.24, 2.45) is 5.41 Å². The van der Waals surface area contributed by atoms with E-state index in [-0.39, 0.29) is 0 Å². The van der Waals surface area contributed by atoms with Crippen LogP contribution in [0.25, 0.3) is 0 Å². The lowest BCUT2D eigenvalue weighted by molar-refractivity contribution is 0.231. The summed E-state index contributed by atoms with van der Waals surface area (Å²) in [6.45, 7) is 7.09. The zero-order valence-electron chi connectivity index (χ0n) is 7.48. The zero-order valence-corrected chi connectivity index (χ0v) is 7.48. The predicted molar refractivity (Wildman–Crippen MR) is 45.0 cm³/mol. The van der Waals surface area contributed by atoms with Crippen LogP contribution in [-0.2, 0) is 0 Å². The Bertz CT molecular complexity index is 76.8. The highest BCUT2D eigenvalue weighted by Gasteiger charge is 2.14. The Morgan fingerprint density at radius 1 is 1.20 bits per heavy atom. The second-order valence-corrected chi connectivity index (χ2v) is 3.74. The Labute approximate surface area is 64.5 Å². The van der Waals surface area contributed by atoms with Crippen LogP contribution in [0, 0.1) is 5.41 Å². The van der Waals surface area contributed by atoms with Crippen LogP contribution in [0.15, 0.2) is 0 Å². The molecule has 0 fully saturated rings. The van der Waals surface area contributed by atoms with Gasteiger partial charge in [-0.05, 0) is 24.7 Å². The molecule has 0 rings (SSSR count). The lowest BCUT2D eigenvalue weighted by Crippen LogP contribution is -2.11. The fraction of sp³-hybridized carbons (Fsp3) is 1.00. The monoisotopic (exact) mass is 144 g/mol. The molecule has 10 heavy (non-hydrogen) atoms. The van der Waals surface area contributed by atoms with Crippen molar-refractivity contribution in [3.8, 4) is 0 Å². The summed E-state index contributed by atoms with van der Waals surface area (Å²) in [7, 11) is 0. The SMILES string of the molecule is CCCC(C)(C)CCCO. The van der Waals surface area contributed by atoms with E-state index in [0.29, 0.717) is 12.0 Å². The van der Waals surface area contributed by atoms with Gasteiger partial charge in [0, 0.05) is 6.61 Å². The summed E-state index contributed by atoms with van der Waals surface area (Å²) in [4.78, 5) is 0. The van der Waals surface area contributed by atoms with Crippen molar-refractivity contribution >= 4 is 0 Å².